The highest BCUT2D eigenvalue weighted by atomic mass is 15.0. The topological polar surface area (TPSA) is 63.8 Å². The minimum absolute atomic E-state index is 0.502. The molecule has 0 saturated carbocycles. The normalized spacial score (nSPS) is 10.4. The molecule has 0 saturated heterocycles. The molecule has 2 aromatic heterocycles. The summed E-state index contributed by atoms with van der Waals surface area (Å²) in [5.74, 6) is 1.24. The maximum absolute atomic E-state index is 5.66. The van der Waals surface area contributed by atoms with Crippen LogP contribution in [0.15, 0.2) is 54.9 Å². The molecule has 0 bridgehead atoms. The molecule has 0 unspecified atom stereocenters. The molecule has 88 valence electrons. The van der Waals surface area contributed by atoms with Gasteiger partial charge in [0, 0.05) is 28.9 Å². The first-order valence-corrected chi connectivity index (χ1v) is 5.65. The standard InChI is InChI=1S/C14H12N4/c15-13-5-2-6-14(18-13)17-12-4-1-3-10-9-16-8-7-11(10)12/h1-9H,(H3,15,17,18). The summed E-state index contributed by atoms with van der Waals surface area (Å²) in [4.78, 5) is 8.34. The average Bonchev–Trinajstić information content (AvgIpc) is 2.39. The number of nitrogens with one attached hydrogen (secondary N) is 1. The monoisotopic (exact) mass is 236 g/mol. The van der Waals surface area contributed by atoms with E-state index in [2.05, 4.69) is 15.3 Å². The van der Waals surface area contributed by atoms with Crippen LogP contribution in [0.5, 0.6) is 0 Å². The summed E-state index contributed by atoms with van der Waals surface area (Å²) in [6.45, 7) is 0. The van der Waals surface area contributed by atoms with Crippen LogP contribution in [-0.4, -0.2) is 9.97 Å². The van der Waals surface area contributed by atoms with E-state index in [0.717, 1.165) is 22.3 Å². The lowest BCUT2D eigenvalue weighted by Gasteiger charge is -2.09. The zero-order valence-corrected chi connectivity index (χ0v) is 9.67. The molecule has 0 radical (unpaired) electrons. The van der Waals surface area contributed by atoms with Crippen LogP contribution in [0.3, 0.4) is 0 Å². The van der Waals surface area contributed by atoms with Crippen molar-refractivity contribution >= 4 is 28.1 Å². The van der Waals surface area contributed by atoms with E-state index in [0.29, 0.717) is 5.82 Å². The third kappa shape index (κ3) is 1.96. The summed E-state index contributed by atoms with van der Waals surface area (Å²) < 4.78 is 0. The summed E-state index contributed by atoms with van der Waals surface area (Å²) >= 11 is 0. The highest BCUT2D eigenvalue weighted by Crippen LogP contribution is 2.25. The van der Waals surface area contributed by atoms with Crippen molar-refractivity contribution in [3.63, 3.8) is 0 Å². The Balaban J connectivity index is 2.05. The summed E-state index contributed by atoms with van der Waals surface area (Å²) in [5.41, 5.74) is 6.66. The van der Waals surface area contributed by atoms with E-state index in [1.165, 1.54) is 0 Å². The molecular weight excluding hydrogens is 224 g/mol. The fourth-order valence-corrected chi connectivity index (χ4v) is 1.89. The second kappa shape index (κ2) is 4.33. The third-order valence-electron chi connectivity index (χ3n) is 2.71. The first-order chi connectivity index (χ1) is 8.83. The van der Waals surface area contributed by atoms with Crippen molar-refractivity contribution in [3.05, 3.63) is 54.9 Å². The second-order valence-electron chi connectivity index (χ2n) is 3.98. The molecule has 1 aromatic carbocycles. The van der Waals surface area contributed by atoms with Gasteiger partial charge in [-0.05, 0) is 24.3 Å². The smallest absolute Gasteiger partial charge is 0.132 e. The van der Waals surface area contributed by atoms with Crippen molar-refractivity contribution in [1.82, 2.24) is 9.97 Å². The Labute approximate surface area is 104 Å². The highest BCUT2D eigenvalue weighted by Gasteiger charge is 2.01. The van der Waals surface area contributed by atoms with Crippen LogP contribution < -0.4 is 11.1 Å². The number of hydrogen-bond acceptors (Lipinski definition) is 4. The fraction of sp³-hybridized carbons (Fsp3) is 0. The van der Waals surface area contributed by atoms with Crippen molar-refractivity contribution in [2.45, 2.75) is 0 Å². The first kappa shape index (κ1) is 10.5. The molecule has 0 aliphatic carbocycles. The van der Waals surface area contributed by atoms with Gasteiger partial charge in [-0.15, -0.1) is 0 Å². The molecule has 0 aliphatic heterocycles. The van der Waals surface area contributed by atoms with Gasteiger partial charge in [0.15, 0.2) is 0 Å². The van der Waals surface area contributed by atoms with Gasteiger partial charge in [0.25, 0.3) is 0 Å². The average molecular weight is 236 g/mol. The molecule has 0 amide bonds. The second-order valence-corrected chi connectivity index (χ2v) is 3.98. The third-order valence-corrected chi connectivity index (χ3v) is 2.71. The SMILES string of the molecule is Nc1cccc(Nc2cccc3cnccc23)n1. The molecule has 0 spiro atoms. The Kier molecular flexibility index (Phi) is 2.53. The lowest BCUT2D eigenvalue weighted by Crippen LogP contribution is -1.97. The van der Waals surface area contributed by atoms with Gasteiger partial charge >= 0.3 is 0 Å². The van der Waals surface area contributed by atoms with Gasteiger partial charge in [-0.1, -0.05) is 18.2 Å². The van der Waals surface area contributed by atoms with Gasteiger partial charge in [-0.3, -0.25) is 4.98 Å². The van der Waals surface area contributed by atoms with Gasteiger partial charge in [0.05, 0.1) is 0 Å². The number of nitrogens with two attached hydrogens (primary N) is 1. The number of nitrogen functional groups attached to an aromatic ring is 1. The van der Waals surface area contributed by atoms with Gasteiger partial charge in [0.2, 0.25) is 0 Å². The van der Waals surface area contributed by atoms with Crippen molar-refractivity contribution < 1.29 is 0 Å². The lowest BCUT2D eigenvalue weighted by molar-refractivity contribution is 1.32. The molecule has 3 rings (SSSR count). The van der Waals surface area contributed by atoms with Crippen LogP contribution >= 0.6 is 0 Å². The number of fused-ring (bicyclic) bond motifs is 1. The number of nitrogens with zero attached hydrogens (tertiary/aromatic N) is 2. The van der Waals surface area contributed by atoms with Crippen LogP contribution in [0.4, 0.5) is 17.3 Å². The molecule has 3 N–H and O–H groups in total. The van der Waals surface area contributed by atoms with E-state index in [4.69, 9.17) is 5.73 Å². The predicted molar refractivity (Wildman–Crippen MR) is 73.7 cm³/mol. The Morgan fingerprint density at radius 1 is 1.00 bits per heavy atom. The van der Waals surface area contributed by atoms with Crippen molar-refractivity contribution in [1.29, 1.82) is 0 Å². The molecule has 3 aromatic rings. The molecule has 0 atom stereocenters. The Morgan fingerprint density at radius 3 is 2.78 bits per heavy atom. The molecule has 0 fully saturated rings. The lowest BCUT2D eigenvalue weighted by atomic mass is 10.1. The van der Waals surface area contributed by atoms with Gasteiger partial charge in [-0.2, -0.15) is 0 Å². The molecule has 18 heavy (non-hydrogen) atoms. The van der Waals surface area contributed by atoms with Crippen LogP contribution in [0.2, 0.25) is 0 Å². The van der Waals surface area contributed by atoms with Crippen molar-refractivity contribution in [3.8, 4) is 0 Å². The number of pyridine rings is 2. The predicted octanol–water partition coefficient (Wildman–Crippen LogP) is 2.96. The van der Waals surface area contributed by atoms with Gasteiger partial charge in [-0.25, -0.2) is 4.98 Å². The van der Waals surface area contributed by atoms with E-state index in [1.54, 1.807) is 12.3 Å². The summed E-state index contributed by atoms with van der Waals surface area (Å²) in [6, 6.07) is 13.5. The van der Waals surface area contributed by atoms with Crippen LogP contribution in [0.1, 0.15) is 0 Å². The maximum atomic E-state index is 5.66. The van der Waals surface area contributed by atoms with Crippen LogP contribution in [0, 0.1) is 0 Å². The minimum atomic E-state index is 0.502. The van der Waals surface area contributed by atoms with E-state index in [1.807, 2.05) is 42.6 Å². The number of rotatable bonds is 2. The maximum Gasteiger partial charge on any atom is 0.132 e. The Bertz CT molecular complexity index is 689. The number of hydrogen-bond donors (Lipinski definition) is 2. The molecule has 0 aliphatic rings. The van der Waals surface area contributed by atoms with Crippen LogP contribution in [0.25, 0.3) is 10.8 Å². The van der Waals surface area contributed by atoms with Gasteiger partial charge < -0.3 is 11.1 Å². The molecule has 2 heterocycles. The summed E-state index contributed by atoms with van der Waals surface area (Å²) in [5, 5.41) is 5.47. The summed E-state index contributed by atoms with van der Waals surface area (Å²) in [6.07, 6.45) is 3.62. The number of benzene rings is 1. The summed E-state index contributed by atoms with van der Waals surface area (Å²) in [7, 11) is 0. The quantitative estimate of drug-likeness (QED) is 0.718. The number of aromatic nitrogens is 2. The van der Waals surface area contributed by atoms with Gasteiger partial charge in [0.1, 0.15) is 11.6 Å². The fourth-order valence-electron chi connectivity index (χ4n) is 1.89. The van der Waals surface area contributed by atoms with Crippen LogP contribution in [-0.2, 0) is 0 Å². The van der Waals surface area contributed by atoms with E-state index in [-0.39, 0.29) is 0 Å². The molecule has 4 heteroatoms. The highest BCUT2D eigenvalue weighted by molar-refractivity contribution is 5.94. The molecular formula is C14H12N4. The largest absolute Gasteiger partial charge is 0.384 e. The minimum Gasteiger partial charge on any atom is -0.384 e. The Morgan fingerprint density at radius 2 is 1.89 bits per heavy atom. The number of anilines is 3. The van der Waals surface area contributed by atoms with E-state index in [9.17, 15) is 0 Å². The van der Waals surface area contributed by atoms with E-state index >= 15 is 0 Å². The first-order valence-electron chi connectivity index (χ1n) is 5.65. The molecule has 4 nitrogen and oxygen atoms in total. The Hall–Kier alpha value is -2.62. The van der Waals surface area contributed by atoms with Crippen molar-refractivity contribution in [2.24, 2.45) is 0 Å². The van der Waals surface area contributed by atoms with Crippen molar-refractivity contribution in [2.75, 3.05) is 11.1 Å². The zero-order valence-electron chi connectivity index (χ0n) is 9.67. The van der Waals surface area contributed by atoms with E-state index < -0.39 is 0 Å². The zero-order chi connectivity index (χ0) is 12.4.